The Bertz CT molecular complexity index is 914. The van der Waals surface area contributed by atoms with Gasteiger partial charge in [0, 0.05) is 11.8 Å². The second kappa shape index (κ2) is 6.39. The van der Waals surface area contributed by atoms with Crippen LogP contribution in [0, 0.1) is 0 Å². The number of hydrogen-bond donors (Lipinski definition) is 0. The number of rotatable bonds is 2. The minimum atomic E-state index is -4.84. The maximum absolute atomic E-state index is 13.5. The van der Waals surface area contributed by atoms with Gasteiger partial charge < -0.3 is 9.30 Å². The maximum atomic E-state index is 13.5. The van der Waals surface area contributed by atoms with Crippen LogP contribution < -0.4 is 0 Å². The van der Waals surface area contributed by atoms with E-state index in [1.165, 1.54) is 13.0 Å². The van der Waals surface area contributed by atoms with Crippen LogP contribution in [-0.2, 0) is 21.9 Å². The largest absolute Gasteiger partial charge is 0.455 e. The number of esters is 1. The molecule has 0 bridgehead atoms. The number of halogens is 6. The standard InChI is InChI=1S/C16H11F6N3O2/c1-8-14(23-5-13(26)27-8)9-2-3-11(10(4-9)15(17,18)19)25-6-12(24-7-25)16(20,21)22/h2-4,6-8H,5H2,1H3/t8-/m0/s1. The van der Waals surface area contributed by atoms with Gasteiger partial charge in [0.15, 0.2) is 5.69 Å². The van der Waals surface area contributed by atoms with Crippen LogP contribution >= 0.6 is 0 Å². The maximum Gasteiger partial charge on any atom is 0.434 e. The average Bonchev–Trinajstić information content (AvgIpc) is 3.03. The molecule has 27 heavy (non-hydrogen) atoms. The van der Waals surface area contributed by atoms with E-state index in [4.69, 9.17) is 4.74 Å². The normalized spacial score (nSPS) is 18.3. The van der Waals surface area contributed by atoms with Crippen molar-refractivity contribution in [2.75, 3.05) is 6.54 Å². The second-order valence-corrected chi connectivity index (χ2v) is 5.73. The summed E-state index contributed by atoms with van der Waals surface area (Å²) < 4.78 is 84.1. The Balaban J connectivity index is 2.09. The van der Waals surface area contributed by atoms with Crippen molar-refractivity contribution in [3.63, 3.8) is 0 Å². The number of nitrogens with zero attached hydrogens (tertiary/aromatic N) is 3. The predicted octanol–water partition coefficient (Wildman–Crippen LogP) is 3.64. The lowest BCUT2D eigenvalue weighted by Crippen LogP contribution is -2.32. The molecule has 1 aliphatic heterocycles. The van der Waals surface area contributed by atoms with Crippen LogP contribution in [0.15, 0.2) is 35.7 Å². The lowest BCUT2D eigenvalue weighted by molar-refractivity contribution is -0.144. The fourth-order valence-electron chi connectivity index (χ4n) is 2.64. The number of aromatic nitrogens is 2. The summed E-state index contributed by atoms with van der Waals surface area (Å²) in [4.78, 5) is 18.2. The van der Waals surface area contributed by atoms with Crippen LogP contribution in [0.25, 0.3) is 5.69 Å². The third-order valence-corrected chi connectivity index (χ3v) is 3.82. The quantitative estimate of drug-likeness (QED) is 0.580. The molecule has 1 atom stereocenters. The summed E-state index contributed by atoms with van der Waals surface area (Å²) in [5.74, 6) is -0.600. The highest BCUT2D eigenvalue weighted by molar-refractivity contribution is 6.06. The van der Waals surface area contributed by atoms with E-state index >= 15 is 0 Å². The van der Waals surface area contributed by atoms with Crippen molar-refractivity contribution in [2.45, 2.75) is 25.4 Å². The minimum Gasteiger partial charge on any atom is -0.455 e. The van der Waals surface area contributed by atoms with E-state index in [0.29, 0.717) is 17.1 Å². The molecule has 0 saturated carbocycles. The third kappa shape index (κ3) is 3.81. The van der Waals surface area contributed by atoms with Crippen LogP contribution in [0.2, 0.25) is 0 Å². The molecule has 0 radical (unpaired) electrons. The summed E-state index contributed by atoms with van der Waals surface area (Å²) in [6.07, 6.45) is -9.33. The van der Waals surface area contributed by atoms with Crippen LogP contribution in [0.4, 0.5) is 26.3 Å². The molecule has 0 N–H and O–H groups in total. The van der Waals surface area contributed by atoms with Crippen LogP contribution in [0.1, 0.15) is 23.7 Å². The average molecular weight is 391 g/mol. The molecule has 1 aromatic heterocycles. The van der Waals surface area contributed by atoms with E-state index in [2.05, 4.69) is 9.98 Å². The molecule has 0 saturated heterocycles. The van der Waals surface area contributed by atoms with E-state index in [9.17, 15) is 31.1 Å². The zero-order valence-electron chi connectivity index (χ0n) is 13.6. The van der Waals surface area contributed by atoms with Gasteiger partial charge in [-0.2, -0.15) is 26.3 Å². The van der Waals surface area contributed by atoms with E-state index in [0.717, 1.165) is 12.1 Å². The van der Waals surface area contributed by atoms with Gasteiger partial charge in [-0.25, -0.2) is 4.98 Å². The molecule has 5 nitrogen and oxygen atoms in total. The molecule has 1 aliphatic rings. The monoisotopic (exact) mass is 391 g/mol. The summed E-state index contributed by atoms with van der Waals surface area (Å²) in [5.41, 5.74) is -2.79. The number of hydrogen-bond acceptors (Lipinski definition) is 4. The molecule has 0 aliphatic carbocycles. The van der Waals surface area contributed by atoms with Gasteiger partial charge >= 0.3 is 18.3 Å². The number of carbonyl (C=O) groups is 1. The SMILES string of the molecule is C[C@@H]1OC(=O)CN=C1c1ccc(-n2cnc(C(F)(F)F)c2)c(C(F)(F)F)c1. The lowest BCUT2D eigenvalue weighted by Gasteiger charge is -2.22. The van der Waals surface area contributed by atoms with Gasteiger partial charge in [-0.05, 0) is 19.1 Å². The molecule has 1 aromatic carbocycles. The number of alkyl halides is 6. The van der Waals surface area contributed by atoms with Gasteiger partial charge in [0.1, 0.15) is 12.6 Å². The first-order valence-electron chi connectivity index (χ1n) is 7.54. The van der Waals surface area contributed by atoms with E-state index in [1.54, 1.807) is 0 Å². The number of benzene rings is 1. The fraction of sp³-hybridized carbons (Fsp3) is 0.312. The molecule has 0 unspecified atom stereocenters. The van der Waals surface area contributed by atoms with Crippen molar-refractivity contribution in [2.24, 2.45) is 4.99 Å². The van der Waals surface area contributed by atoms with Crippen molar-refractivity contribution < 1.29 is 35.9 Å². The smallest absolute Gasteiger partial charge is 0.434 e. The van der Waals surface area contributed by atoms with E-state index in [1.807, 2.05) is 0 Å². The fourth-order valence-corrected chi connectivity index (χ4v) is 2.64. The first kappa shape index (κ1) is 18.9. The molecular formula is C16H11F6N3O2. The van der Waals surface area contributed by atoms with E-state index in [-0.39, 0.29) is 17.8 Å². The second-order valence-electron chi connectivity index (χ2n) is 5.73. The van der Waals surface area contributed by atoms with Gasteiger partial charge in [0.05, 0.1) is 23.3 Å². The molecule has 0 amide bonds. The zero-order chi connectivity index (χ0) is 20.0. The summed E-state index contributed by atoms with van der Waals surface area (Å²) in [7, 11) is 0. The van der Waals surface area contributed by atoms with E-state index < -0.39 is 41.4 Å². The highest BCUT2D eigenvalue weighted by Gasteiger charge is 2.37. The minimum absolute atomic E-state index is 0.0576. The van der Waals surface area contributed by atoms with Crippen molar-refractivity contribution in [3.05, 3.63) is 47.5 Å². The first-order chi connectivity index (χ1) is 12.5. The Kier molecular flexibility index (Phi) is 4.48. The third-order valence-electron chi connectivity index (χ3n) is 3.82. The topological polar surface area (TPSA) is 56.5 Å². The Morgan fingerprint density at radius 2 is 1.85 bits per heavy atom. The number of cyclic esters (lactones) is 1. The number of imidazole rings is 1. The molecule has 0 spiro atoms. The van der Waals surface area contributed by atoms with Crippen molar-refractivity contribution in [1.82, 2.24) is 9.55 Å². The zero-order valence-corrected chi connectivity index (χ0v) is 13.6. The molecule has 11 heteroatoms. The highest BCUT2D eigenvalue weighted by atomic mass is 19.4. The summed E-state index contributed by atoms with van der Waals surface area (Å²) in [6, 6.07) is 3.05. The molecule has 144 valence electrons. The van der Waals surface area contributed by atoms with Gasteiger partial charge in [-0.15, -0.1) is 0 Å². The van der Waals surface area contributed by atoms with Crippen LogP contribution in [-0.4, -0.2) is 33.9 Å². The van der Waals surface area contributed by atoms with Gasteiger partial charge in [0.25, 0.3) is 0 Å². The van der Waals surface area contributed by atoms with Crippen molar-refractivity contribution in [1.29, 1.82) is 0 Å². The molecule has 2 aromatic rings. The summed E-state index contributed by atoms with van der Waals surface area (Å²) >= 11 is 0. The van der Waals surface area contributed by atoms with Gasteiger partial charge in [-0.1, -0.05) is 6.07 Å². The summed E-state index contributed by atoms with van der Waals surface area (Å²) in [6.45, 7) is 1.14. The highest BCUT2D eigenvalue weighted by Crippen LogP contribution is 2.36. The van der Waals surface area contributed by atoms with Gasteiger partial charge in [-0.3, -0.25) is 9.79 Å². The molecule has 0 fully saturated rings. The Morgan fingerprint density at radius 3 is 2.41 bits per heavy atom. The Morgan fingerprint density at radius 1 is 1.15 bits per heavy atom. The lowest BCUT2D eigenvalue weighted by atomic mass is 10.0. The van der Waals surface area contributed by atoms with Crippen LogP contribution in [0.3, 0.4) is 0 Å². The number of ether oxygens (including phenoxy) is 1. The number of carbonyl (C=O) groups excluding carboxylic acids is 1. The Labute approximate surface area is 148 Å². The van der Waals surface area contributed by atoms with Crippen molar-refractivity contribution in [3.8, 4) is 5.69 Å². The molecule has 3 rings (SSSR count). The van der Waals surface area contributed by atoms with Gasteiger partial charge in [0.2, 0.25) is 0 Å². The summed E-state index contributed by atoms with van der Waals surface area (Å²) in [5, 5.41) is 0. The molecular weight excluding hydrogens is 380 g/mol. The number of aliphatic imine (C=N–C) groups is 1. The van der Waals surface area contributed by atoms with Crippen LogP contribution in [0.5, 0.6) is 0 Å². The van der Waals surface area contributed by atoms with Crippen molar-refractivity contribution >= 4 is 11.7 Å². The predicted molar refractivity (Wildman–Crippen MR) is 80.5 cm³/mol. The Hall–Kier alpha value is -2.85. The molecule has 2 heterocycles. The first-order valence-corrected chi connectivity index (χ1v) is 7.54.